The summed E-state index contributed by atoms with van der Waals surface area (Å²) in [5.74, 6) is 1.11. The smallest absolute Gasteiger partial charge is 0.273 e. The molecule has 2 bridgehead atoms. The number of fused-ring (bicyclic) bond motifs is 2. The van der Waals surface area contributed by atoms with E-state index in [1.165, 1.54) is 0 Å². The molecule has 29 heavy (non-hydrogen) atoms. The van der Waals surface area contributed by atoms with Crippen LogP contribution in [0.25, 0.3) is 0 Å². The molecular formula is C20H27N3O5S. The monoisotopic (exact) mass is 421 g/mol. The van der Waals surface area contributed by atoms with Gasteiger partial charge in [-0.15, -0.1) is 0 Å². The number of sulfonamides is 1. The molecule has 0 unspecified atom stereocenters. The van der Waals surface area contributed by atoms with Gasteiger partial charge in [-0.3, -0.25) is 9.59 Å². The van der Waals surface area contributed by atoms with Gasteiger partial charge in [0.05, 0.1) is 5.25 Å². The van der Waals surface area contributed by atoms with Gasteiger partial charge in [0.2, 0.25) is 10.0 Å². The van der Waals surface area contributed by atoms with Crippen LogP contribution in [0.3, 0.4) is 0 Å². The molecule has 1 N–H and O–H groups in total. The molecule has 1 amide bonds. The SMILES string of the molecule is O=C1CCC(S(=O)(=O)N2[C@@H]3CC[C@H]2C[C@@H](NC(=O)c2cc(C4CC4)on2)C3)CC1. The molecule has 3 atom stereocenters. The lowest BCUT2D eigenvalue weighted by atomic mass is 9.99. The van der Waals surface area contributed by atoms with Crippen LogP contribution in [0.5, 0.6) is 0 Å². The van der Waals surface area contributed by atoms with Crippen molar-refractivity contribution in [2.24, 2.45) is 0 Å². The van der Waals surface area contributed by atoms with Gasteiger partial charge in [-0.25, -0.2) is 8.42 Å². The third-order valence-electron chi connectivity index (χ3n) is 6.95. The molecule has 0 spiro atoms. The van der Waals surface area contributed by atoms with Crippen molar-refractivity contribution in [3.8, 4) is 0 Å². The van der Waals surface area contributed by atoms with E-state index in [0.717, 1.165) is 31.4 Å². The number of amides is 1. The second-order valence-corrected chi connectivity index (χ2v) is 11.1. The highest BCUT2D eigenvalue weighted by molar-refractivity contribution is 7.89. The van der Waals surface area contributed by atoms with Crippen molar-refractivity contribution in [3.63, 3.8) is 0 Å². The van der Waals surface area contributed by atoms with Crippen LogP contribution in [0.15, 0.2) is 10.6 Å². The molecule has 2 aliphatic carbocycles. The van der Waals surface area contributed by atoms with Crippen LogP contribution < -0.4 is 5.32 Å². The Hall–Kier alpha value is -1.74. The number of rotatable bonds is 5. The van der Waals surface area contributed by atoms with Gasteiger partial charge in [0.1, 0.15) is 11.5 Å². The Morgan fingerprint density at radius 2 is 1.72 bits per heavy atom. The number of piperidine rings is 1. The van der Waals surface area contributed by atoms with Crippen LogP contribution in [-0.4, -0.2) is 52.9 Å². The van der Waals surface area contributed by atoms with E-state index >= 15 is 0 Å². The molecule has 1 aromatic rings. The fourth-order valence-electron chi connectivity index (χ4n) is 5.27. The summed E-state index contributed by atoms with van der Waals surface area (Å²) in [5, 5.41) is 6.50. The number of aromatic nitrogens is 1. The van der Waals surface area contributed by atoms with E-state index in [2.05, 4.69) is 10.5 Å². The van der Waals surface area contributed by atoms with E-state index in [4.69, 9.17) is 4.52 Å². The predicted octanol–water partition coefficient (Wildman–Crippen LogP) is 2.12. The third kappa shape index (κ3) is 3.63. The van der Waals surface area contributed by atoms with Gasteiger partial charge in [-0.05, 0) is 51.4 Å². The Morgan fingerprint density at radius 3 is 2.34 bits per heavy atom. The van der Waals surface area contributed by atoms with Gasteiger partial charge in [0, 0.05) is 43.0 Å². The Balaban J connectivity index is 1.23. The Kier molecular flexibility index (Phi) is 4.77. The summed E-state index contributed by atoms with van der Waals surface area (Å²) in [5.41, 5.74) is 0.307. The van der Waals surface area contributed by atoms with Gasteiger partial charge >= 0.3 is 0 Å². The van der Waals surface area contributed by atoms with Gasteiger partial charge in [-0.1, -0.05) is 5.16 Å². The Labute approximate surface area is 170 Å². The molecule has 4 fully saturated rings. The van der Waals surface area contributed by atoms with Crippen LogP contribution in [0, 0.1) is 0 Å². The van der Waals surface area contributed by atoms with Gasteiger partial charge in [-0.2, -0.15) is 4.31 Å². The van der Waals surface area contributed by atoms with Gasteiger partial charge in [0.25, 0.3) is 5.91 Å². The average Bonchev–Trinajstić information content (AvgIpc) is 3.34. The lowest BCUT2D eigenvalue weighted by molar-refractivity contribution is -0.120. The molecule has 1 aromatic heterocycles. The summed E-state index contributed by atoms with van der Waals surface area (Å²) in [6, 6.07) is 1.54. The van der Waals surface area contributed by atoms with E-state index in [1.54, 1.807) is 10.4 Å². The number of carbonyl (C=O) groups excluding carboxylic acids is 2. The number of nitrogens with zero attached hydrogens (tertiary/aromatic N) is 2. The van der Waals surface area contributed by atoms with Crippen molar-refractivity contribution < 1.29 is 22.5 Å². The lowest BCUT2D eigenvalue weighted by Gasteiger charge is -2.40. The third-order valence-corrected chi connectivity index (χ3v) is 9.45. The van der Waals surface area contributed by atoms with Gasteiger partial charge < -0.3 is 9.84 Å². The highest BCUT2D eigenvalue weighted by Gasteiger charge is 2.49. The van der Waals surface area contributed by atoms with Crippen molar-refractivity contribution in [3.05, 3.63) is 17.5 Å². The number of nitrogens with one attached hydrogen (secondary N) is 1. The Morgan fingerprint density at radius 1 is 1.07 bits per heavy atom. The number of ketones is 1. The van der Waals surface area contributed by atoms with E-state index in [-0.39, 0.29) is 29.8 Å². The summed E-state index contributed by atoms with van der Waals surface area (Å²) in [4.78, 5) is 24.1. The number of hydrogen-bond donors (Lipinski definition) is 1. The number of hydrogen-bond acceptors (Lipinski definition) is 6. The summed E-state index contributed by atoms with van der Waals surface area (Å²) in [7, 11) is -3.41. The zero-order valence-electron chi connectivity index (χ0n) is 16.4. The molecule has 4 aliphatic rings. The van der Waals surface area contributed by atoms with E-state index < -0.39 is 15.3 Å². The van der Waals surface area contributed by atoms with E-state index in [1.807, 2.05) is 0 Å². The average molecular weight is 422 g/mol. The number of Topliss-reactive ketones (excluding diaryl/α,β-unsaturated/α-hetero) is 1. The number of carbonyl (C=O) groups is 2. The molecule has 5 rings (SSSR count). The summed E-state index contributed by atoms with van der Waals surface area (Å²) >= 11 is 0. The van der Waals surface area contributed by atoms with Crippen molar-refractivity contribution in [1.82, 2.24) is 14.8 Å². The highest BCUT2D eigenvalue weighted by atomic mass is 32.2. The summed E-state index contributed by atoms with van der Waals surface area (Å²) in [6.07, 6.45) is 6.69. The largest absolute Gasteiger partial charge is 0.360 e. The minimum atomic E-state index is -3.41. The topological polar surface area (TPSA) is 110 Å². The molecule has 2 aliphatic heterocycles. The molecule has 2 saturated carbocycles. The first kappa shape index (κ1) is 19.2. The molecule has 3 heterocycles. The maximum Gasteiger partial charge on any atom is 0.273 e. The van der Waals surface area contributed by atoms with Crippen LogP contribution in [0.4, 0.5) is 0 Å². The first-order valence-corrected chi connectivity index (χ1v) is 12.2. The first-order chi connectivity index (χ1) is 13.9. The second kappa shape index (κ2) is 7.19. The molecule has 0 radical (unpaired) electrons. The Bertz CT molecular complexity index is 898. The summed E-state index contributed by atoms with van der Waals surface area (Å²) in [6.45, 7) is 0. The van der Waals surface area contributed by atoms with Crippen LogP contribution in [0.2, 0.25) is 0 Å². The molecule has 2 saturated heterocycles. The minimum absolute atomic E-state index is 0.0551. The van der Waals surface area contributed by atoms with E-state index in [0.29, 0.717) is 50.1 Å². The van der Waals surface area contributed by atoms with Crippen LogP contribution >= 0.6 is 0 Å². The quantitative estimate of drug-likeness (QED) is 0.780. The summed E-state index contributed by atoms with van der Waals surface area (Å²) < 4.78 is 33.5. The predicted molar refractivity (Wildman–Crippen MR) is 104 cm³/mol. The molecule has 0 aromatic carbocycles. The molecule has 158 valence electrons. The van der Waals surface area contributed by atoms with Crippen molar-refractivity contribution >= 4 is 21.7 Å². The van der Waals surface area contributed by atoms with E-state index in [9.17, 15) is 18.0 Å². The maximum atomic E-state index is 13.2. The van der Waals surface area contributed by atoms with Crippen molar-refractivity contribution in [1.29, 1.82) is 0 Å². The van der Waals surface area contributed by atoms with Crippen LogP contribution in [-0.2, 0) is 14.8 Å². The zero-order chi connectivity index (χ0) is 20.2. The first-order valence-electron chi connectivity index (χ1n) is 10.7. The minimum Gasteiger partial charge on any atom is -0.360 e. The molecule has 8 nitrogen and oxygen atoms in total. The fraction of sp³-hybridized carbons (Fsp3) is 0.750. The zero-order valence-corrected chi connectivity index (χ0v) is 17.2. The van der Waals surface area contributed by atoms with Crippen molar-refractivity contribution in [2.75, 3.05) is 0 Å². The van der Waals surface area contributed by atoms with Crippen molar-refractivity contribution in [2.45, 2.75) is 93.5 Å². The normalized spacial score (nSPS) is 31.2. The fourth-order valence-corrected chi connectivity index (χ4v) is 7.66. The second-order valence-electron chi connectivity index (χ2n) is 9.03. The standard InChI is InChI=1S/C20H27N3O5S/c24-16-5-7-17(8-6-16)29(26,27)23-14-3-4-15(23)10-13(9-14)21-20(25)18-11-19(28-22-18)12-1-2-12/h11-15,17H,1-10H2,(H,21,25)/t13-,14+,15-. The van der Waals surface area contributed by atoms with Crippen LogP contribution in [0.1, 0.15) is 86.4 Å². The van der Waals surface area contributed by atoms with Gasteiger partial charge in [0.15, 0.2) is 5.69 Å². The lowest BCUT2D eigenvalue weighted by Crippen LogP contribution is -2.54. The molecular weight excluding hydrogens is 394 g/mol. The highest BCUT2D eigenvalue weighted by Crippen LogP contribution is 2.41. The molecule has 9 heteroatoms. The maximum absolute atomic E-state index is 13.2.